The molecule has 2 heterocycles. The van der Waals surface area contributed by atoms with Gasteiger partial charge in [0, 0.05) is 29.2 Å². The molecule has 0 amide bonds. The SMILES string of the molecule is CCCNC(Cc1ccc(C)cn1)c1cc(C)c(Br)s1. The highest BCUT2D eigenvalue weighted by Crippen LogP contribution is 2.32. The second-order valence-electron chi connectivity index (χ2n) is 5.14. The van der Waals surface area contributed by atoms with Gasteiger partial charge in [0.15, 0.2) is 0 Å². The predicted molar refractivity (Wildman–Crippen MR) is 90.5 cm³/mol. The van der Waals surface area contributed by atoms with Crippen molar-refractivity contribution in [2.75, 3.05) is 6.54 Å². The minimum Gasteiger partial charge on any atom is -0.309 e. The average molecular weight is 353 g/mol. The molecule has 1 unspecified atom stereocenters. The third kappa shape index (κ3) is 4.14. The topological polar surface area (TPSA) is 24.9 Å². The molecule has 2 aromatic heterocycles. The molecule has 0 aliphatic carbocycles. The first-order chi connectivity index (χ1) is 9.60. The Morgan fingerprint density at radius 1 is 1.35 bits per heavy atom. The lowest BCUT2D eigenvalue weighted by Gasteiger charge is -2.16. The Hall–Kier alpha value is -0.710. The van der Waals surface area contributed by atoms with Crippen LogP contribution in [0.2, 0.25) is 0 Å². The van der Waals surface area contributed by atoms with Gasteiger partial charge in [0.2, 0.25) is 0 Å². The van der Waals surface area contributed by atoms with Gasteiger partial charge in [-0.05, 0) is 66.0 Å². The molecule has 0 spiro atoms. The monoisotopic (exact) mass is 352 g/mol. The van der Waals surface area contributed by atoms with E-state index in [2.05, 4.69) is 65.2 Å². The zero-order chi connectivity index (χ0) is 14.5. The molecule has 2 nitrogen and oxygen atoms in total. The number of rotatable bonds is 6. The third-order valence-corrected chi connectivity index (χ3v) is 5.50. The molecule has 1 N–H and O–H groups in total. The Morgan fingerprint density at radius 3 is 2.70 bits per heavy atom. The van der Waals surface area contributed by atoms with E-state index in [-0.39, 0.29) is 0 Å². The summed E-state index contributed by atoms with van der Waals surface area (Å²) in [5, 5.41) is 3.64. The van der Waals surface area contributed by atoms with Crippen LogP contribution in [0.3, 0.4) is 0 Å². The molecule has 0 fully saturated rings. The van der Waals surface area contributed by atoms with Crippen LogP contribution in [0.1, 0.15) is 41.1 Å². The van der Waals surface area contributed by atoms with Crippen LogP contribution in [0.25, 0.3) is 0 Å². The summed E-state index contributed by atoms with van der Waals surface area (Å²) in [5.74, 6) is 0. The molecule has 0 aromatic carbocycles. The number of thiophene rings is 1. The van der Waals surface area contributed by atoms with Crippen LogP contribution in [-0.4, -0.2) is 11.5 Å². The van der Waals surface area contributed by atoms with Gasteiger partial charge in [0.25, 0.3) is 0 Å². The van der Waals surface area contributed by atoms with Crippen LogP contribution in [-0.2, 0) is 6.42 Å². The van der Waals surface area contributed by atoms with Crippen molar-refractivity contribution < 1.29 is 0 Å². The Morgan fingerprint density at radius 2 is 2.15 bits per heavy atom. The van der Waals surface area contributed by atoms with E-state index in [9.17, 15) is 0 Å². The van der Waals surface area contributed by atoms with Crippen molar-refractivity contribution in [1.29, 1.82) is 0 Å². The van der Waals surface area contributed by atoms with Gasteiger partial charge in [-0.2, -0.15) is 0 Å². The second-order valence-corrected chi connectivity index (χ2v) is 7.54. The molecule has 2 rings (SSSR count). The summed E-state index contributed by atoms with van der Waals surface area (Å²) in [4.78, 5) is 5.91. The van der Waals surface area contributed by atoms with Crippen LogP contribution in [0.4, 0.5) is 0 Å². The van der Waals surface area contributed by atoms with Gasteiger partial charge in [-0.3, -0.25) is 4.98 Å². The Labute approximate surface area is 133 Å². The minimum absolute atomic E-state index is 0.347. The van der Waals surface area contributed by atoms with Crippen molar-refractivity contribution in [1.82, 2.24) is 10.3 Å². The van der Waals surface area contributed by atoms with E-state index in [4.69, 9.17) is 0 Å². The lowest BCUT2D eigenvalue weighted by molar-refractivity contribution is 0.531. The minimum atomic E-state index is 0.347. The summed E-state index contributed by atoms with van der Waals surface area (Å²) in [7, 11) is 0. The zero-order valence-electron chi connectivity index (χ0n) is 12.2. The first kappa shape index (κ1) is 15.7. The number of pyridine rings is 1. The highest BCUT2D eigenvalue weighted by Gasteiger charge is 2.16. The van der Waals surface area contributed by atoms with E-state index < -0.39 is 0 Å². The molecule has 0 radical (unpaired) electrons. The van der Waals surface area contributed by atoms with Gasteiger partial charge in [-0.25, -0.2) is 0 Å². The van der Waals surface area contributed by atoms with E-state index in [1.54, 1.807) is 0 Å². The normalized spacial score (nSPS) is 12.6. The van der Waals surface area contributed by atoms with Crippen LogP contribution < -0.4 is 5.32 Å². The first-order valence-corrected chi connectivity index (χ1v) is 8.62. The Kier molecular flexibility index (Phi) is 5.75. The van der Waals surface area contributed by atoms with E-state index >= 15 is 0 Å². The predicted octanol–water partition coefficient (Wildman–Crippen LogP) is 4.81. The maximum atomic E-state index is 4.53. The maximum Gasteiger partial charge on any atom is 0.0731 e. The average Bonchev–Trinajstić information content (AvgIpc) is 2.77. The van der Waals surface area contributed by atoms with E-state index in [0.29, 0.717) is 6.04 Å². The van der Waals surface area contributed by atoms with Crippen molar-refractivity contribution >= 4 is 27.3 Å². The van der Waals surface area contributed by atoms with Crippen LogP contribution in [0.15, 0.2) is 28.2 Å². The van der Waals surface area contributed by atoms with Crippen LogP contribution in [0.5, 0.6) is 0 Å². The van der Waals surface area contributed by atoms with Gasteiger partial charge in [0.1, 0.15) is 0 Å². The van der Waals surface area contributed by atoms with Crippen LogP contribution in [0, 0.1) is 13.8 Å². The maximum absolute atomic E-state index is 4.53. The Balaban J connectivity index is 2.16. The van der Waals surface area contributed by atoms with Gasteiger partial charge < -0.3 is 5.32 Å². The summed E-state index contributed by atoms with van der Waals surface area (Å²) in [6.07, 6.45) is 4.03. The van der Waals surface area contributed by atoms with Gasteiger partial charge in [-0.1, -0.05) is 13.0 Å². The van der Waals surface area contributed by atoms with Gasteiger partial charge >= 0.3 is 0 Å². The first-order valence-electron chi connectivity index (χ1n) is 7.01. The molecular formula is C16H21BrN2S. The highest BCUT2D eigenvalue weighted by atomic mass is 79.9. The Bertz CT molecular complexity index is 529. The summed E-state index contributed by atoms with van der Waals surface area (Å²) < 4.78 is 1.23. The summed E-state index contributed by atoms with van der Waals surface area (Å²) in [6.45, 7) is 7.45. The number of aromatic nitrogens is 1. The fourth-order valence-electron chi connectivity index (χ4n) is 2.08. The van der Waals surface area contributed by atoms with Gasteiger partial charge in [0.05, 0.1) is 3.79 Å². The fourth-order valence-corrected chi connectivity index (χ4v) is 3.72. The summed E-state index contributed by atoms with van der Waals surface area (Å²) in [5.41, 5.74) is 3.66. The molecule has 108 valence electrons. The number of hydrogen-bond acceptors (Lipinski definition) is 3. The smallest absolute Gasteiger partial charge is 0.0731 e. The molecule has 4 heteroatoms. The molecule has 0 saturated heterocycles. The van der Waals surface area contributed by atoms with Crippen molar-refractivity contribution in [2.45, 2.75) is 39.7 Å². The molecule has 0 saturated carbocycles. The molecular weight excluding hydrogens is 332 g/mol. The summed E-state index contributed by atoms with van der Waals surface area (Å²) >= 11 is 5.44. The molecule has 0 aliphatic heterocycles. The van der Waals surface area contributed by atoms with E-state index in [1.165, 1.54) is 19.8 Å². The number of halogens is 1. The standard InChI is InChI=1S/C16H21BrN2S/c1-4-7-18-14(15-8-12(3)16(17)20-15)9-13-6-5-11(2)10-19-13/h5-6,8,10,14,18H,4,7,9H2,1-3H3. The highest BCUT2D eigenvalue weighted by molar-refractivity contribution is 9.11. The van der Waals surface area contributed by atoms with E-state index in [1.807, 2.05) is 17.5 Å². The van der Waals surface area contributed by atoms with Gasteiger partial charge in [-0.15, -0.1) is 11.3 Å². The van der Waals surface area contributed by atoms with Crippen molar-refractivity contribution in [2.24, 2.45) is 0 Å². The molecule has 20 heavy (non-hydrogen) atoms. The largest absolute Gasteiger partial charge is 0.309 e. The number of hydrogen-bond donors (Lipinski definition) is 1. The van der Waals surface area contributed by atoms with Crippen molar-refractivity contribution in [3.8, 4) is 0 Å². The quantitative estimate of drug-likeness (QED) is 0.806. The van der Waals surface area contributed by atoms with Crippen molar-refractivity contribution in [3.05, 3.63) is 49.9 Å². The van der Waals surface area contributed by atoms with Crippen molar-refractivity contribution in [3.63, 3.8) is 0 Å². The fraction of sp³-hybridized carbons (Fsp3) is 0.438. The second kappa shape index (κ2) is 7.34. The lowest BCUT2D eigenvalue weighted by Crippen LogP contribution is -2.23. The molecule has 1 atom stereocenters. The lowest BCUT2D eigenvalue weighted by atomic mass is 10.1. The molecule has 2 aromatic rings. The number of nitrogens with one attached hydrogen (secondary N) is 1. The number of nitrogens with zero attached hydrogens (tertiary/aromatic N) is 1. The number of aryl methyl sites for hydroxylation is 2. The van der Waals surface area contributed by atoms with E-state index in [0.717, 1.165) is 25.1 Å². The molecule has 0 aliphatic rings. The molecule has 0 bridgehead atoms. The van der Waals surface area contributed by atoms with Crippen LogP contribution >= 0.6 is 27.3 Å². The third-order valence-electron chi connectivity index (χ3n) is 3.25. The zero-order valence-corrected chi connectivity index (χ0v) is 14.6. The summed E-state index contributed by atoms with van der Waals surface area (Å²) in [6, 6.07) is 6.89.